The van der Waals surface area contributed by atoms with Gasteiger partial charge in [0.1, 0.15) is 5.75 Å². The van der Waals surface area contributed by atoms with Crippen LogP contribution in [0.15, 0.2) is 42.5 Å². The predicted molar refractivity (Wildman–Crippen MR) is 100 cm³/mol. The first-order chi connectivity index (χ1) is 11.7. The molecule has 0 saturated heterocycles. The molecule has 0 aliphatic carbocycles. The van der Waals surface area contributed by atoms with Crippen LogP contribution in [0, 0.1) is 0 Å². The van der Waals surface area contributed by atoms with E-state index in [4.69, 9.17) is 5.11 Å². The summed E-state index contributed by atoms with van der Waals surface area (Å²) in [6, 6.07) is 12.7. The van der Waals surface area contributed by atoms with Gasteiger partial charge in [0.15, 0.2) is 5.78 Å². The van der Waals surface area contributed by atoms with Crippen LogP contribution in [0.3, 0.4) is 0 Å². The van der Waals surface area contributed by atoms with Gasteiger partial charge in [-0.25, -0.2) is 0 Å². The Balaban J connectivity index is 2.51. The number of ketones is 1. The molecule has 0 unspecified atom stereocenters. The molecule has 0 fully saturated rings. The fourth-order valence-electron chi connectivity index (χ4n) is 2.81. The van der Waals surface area contributed by atoms with Crippen molar-refractivity contribution in [2.45, 2.75) is 32.7 Å². The Bertz CT molecular complexity index is 733. The number of aromatic hydroxyl groups is 1. The van der Waals surface area contributed by atoms with Gasteiger partial charge in [-0.1, -0.05) is 51.1 Å². The number of nitrogens with zero attached hydrogens (tertiary/aromatic N) is 1. The Kier molecular flexibility index (Phi) is 5.98. The second-order valence-electron chi connectivity index (χ2n) is 7.44. The number of carbonyl (C=O) groups excluding carboxylic acids is 1. The van der Waals surface area contributed by atoms with Crippen molar-refractivity contribution in [1.82, 2.24) is 4.90 Å². The van der Waals surface area contributed by atoms with Crippen LogP contribution in [0.2, 0.25) is 0 Å². The number of carbonyl (C=O) groups is 1. The number of phenolic OH excluding ortho intramolecular Hbond substituents is 1. The summed E-state index contributed by atoms with van der Waals surface area (Å²) < 4.78 is 0. The molecule has 2 N–H and O–H groups in total. The zero-order valence-corrected chi connectivity index (χ0v) is 15.4. The van der Waals surface area contributed by atoms with Crippen LogP contribution in [0.1, 0.15) is 47.8 Å². The van der Waals surface area contributed by atoms with Gasteiger partial charge in [0.05, 0.1) is 6.61 Å². The summed E-state index contributed by atoms with van der Waals surface area (Å²) in [5.41, 5.74) is 2.36. The van der Waals surface area contributed by atoms with E-state index in [-0.39, 0.29) is 23.6 Å². The third-order valence-electron chi connectivity index (χ3n) is 4.22. The number of benzene rings is 2. The SMILES string of the molecule is CN(CCO)Cc1cc(C(=O)c2ccccc2)cc(C(C)(C)C)c1O. The molecule has 4 heteroatoms. The Labute approximate surface area is 149 Å². The fraction of sp³-hybridized carbons (Fsp3) is 0.381. The lowest BCUT2D eigenvalue weighted by Crippen LogP contribution is -2.22. The second-order valence-corrected chi connectivity index (χ2v) is 7.44. The van der Waals surface area contributed by atoms with Gasteiger partial charge < -0.3 is 10.2 Å². The molecular formula is C21H27NO3. The first-order valence-electron chi connectivity index (χ1n) is 8.49. The van der Waals surface area contributed by atoms with Crippen LogP contribution in [0.5, 0.6) is 5.75 Å². The predicted octanol–water partition coefficient (Wildman–Crippen LogP) is 3.34. The molecule has 0 atom stereocenters. The lowest BCUT2D eigenvalue weighted by molar-refractivity contribution is 0.103. The highest BCUT2D eigenvalue weighted by Crippen LogP contribution is 2.35. The van der Waals surface area contributed by atoms with Gasteiger partial charge in [-0.15, -0.1) is 0 Å². The number of aliphatic hydroxyl groups excluding tert-OH is 1. The molecule has 0 aromatic heterocycles. The Hall–Kier alpha value is -2.17. The molecule has 2 rings (SSSR count). The van der Waals surface area contributed by atoms with E-state index < -0.39 is 0 Å². The maximum atomic E-state index is 12.9. The van der Waals surface area contributed by atoms with Crippen molar-refractivity contribution in [2.75, 3.05) is 20.2 Å². The highest BCUT2D eigenvalue weighted by atomic mass is 16.3. The number of hydrogen-bond acceptors (Lipinski definition) is 4. The Morgan fingerprint density at radius 3 is 2.28 bits per heavy atom. The highest BCUT2D eigenvalue weighted by Gasteiger charge is 2.23. The standard InChI is InChI=1S/C21H27NO3/c1-21(2,3)18-13-16(19(24)15-8-6-5-7-9-15)12-17(20(18)25)14-22(4)10-11-23/h5-9,12-13,23,25H,10-11,14H2,1-4H3. The zero-order valence-electron chi connectivity index (χ0n) is 15.4. The highest BCUT2D eigenvalue weighted by molar-refractivity contribution is 6.09. The van der Waals surface area contributed by atoms with Crippen molar-refractivity contribution in [3.8, 4) is 5.75 Å². The molecule has 0 amide bonds. The summed E-state index contributed by atoms with van der Waals surface area (Å²) in [7, 11) is 1.87. The number of rotatable bonds is 6. The van der Waals surface area contributed by atoms with Crippen LogP contribution in [-0.2, 0) is 12.0 Å². The number of aliphatic hydroxyl groups is 1. The summed E-state index contributed by atoms with van der Waals surface area (Å²) >= 11 is 0. The molecule has 4 nitrogen and oxygen atoms in total. The van der Waals surface area contributed by atoms with Gasteiger partial charge in [-0.2, -0.15) is 0 Å². The lowest BCUT2D eigenvalue weighted by Gasteiger charge is -2.25. The van der Waals surface area contributed by atoms with E-state index in [0.29, 0.717) is 29.8 Å². The van der Waals surface area contributed by atoms with E-state index in [9.17, 15) is 9.90 Å². The average molecular weight is 341 g/mol. The molecular weight excluding hydrogens is 314 g/mol. The summed E-state index contributed by atoms with van der Waals surface area (Å²) in [5, 5.41) is 19.8. The van der Waals surface area contributed by atoms with Crippen LogP contribution in [0.25, 0.3) is 0 Å². The summed E-state index contributed by atoms with van der Waals surface area (Å²) in [6.07, 6.45) is 0. The summed E-state index contributed by atoms with van der Waals surface area (Å²) in [5.74, 6) is 0.166. The van der Waals surface area contributed by atoms with Crippen LogP contribution in [0.4, 0.5) is 0 Å². The van der Waals surface area contributed by atoms with E-state index in [0.717, 1.165) is 5.56 Å². The molecule has 0 radical (unpaired) electrons. The smallest absolute Gasteiger partial charge is 0.193 e. The van der Waals surface area contributed by atoms with Crippen LogP contribution >= 0.6 is 0 Å². The fourth-order valence-corrected chi connectivity index (χ4v) is 2.81. The van der Waals surface area contributed by atoms with Crippen molar-refractivity contribution >= 4 is 5.78 Å². The summed E-state index contributed by atoms with van der Waals surface area (Å²) in [6.45, 7) is 7.05. The minimum atomic E-state index is -0.290. The van der Waals surface area contributed by atoms with Crippen molar-refractivity contribution in [3.63, 3.8) is 0 Å². The molecule has 25 heavy (non-hydrogen) atoms. The Morgan fingerprint density at radius 2 is 1.72 bits per heavy atom. The normalized spacial score (nSPS) is 11.8. The maximum Gasteiger partial charge on any atom is 0.193 e. The molecule has 0 aliphatic rings. The second kappa shape index (κ2) is 7.81. The lowest BCUT2D eigenvalue weighted by atomic mass is 9.83. The third-order valence-corrected chi connectivity index (χ3v) is 4.22. The number of hydrogen-bond donors (Lipinski definition) is 2. The van der Waals surface area contributed by atoms with Gasteiger partial charge in [-0.05, 0) is 24.6 Å². The van der Waals surface area contributed by atoms with Gasteiger partial charge in [0.2, 0.25) is 0 Å². The van der Waals surface area contributed by atoms with Gasteiger partial charge >= 0.3 is 0 Å². The monoisotopic (exact) mass is 341 g/mol. The molecule has 134 valence electrons. The largest absolute Gasteiger partial charge is 0.507 e. The van der Waals surface area contributed by atoms with Crippen molar-refractivity contribution < 1.29 is 15.0 Å². The van der Waals surface area contributed by atoms with E-state index in [1.807, 2.05) is 50.9 Å². The van der Waals surface area contributed by atoms with Gasteiger partial charge in [0.25, 0.3) is 0 Å². The zero-order chi connectivity index (χ0) is 18.6. The van der Waals surface area contributed by atoms with Gasteiger partial charge in [-0.3, -0.25) is 9.69 Å². The molecule has 2 aromatic rings. The van der Waals surface area contributed by atoms with Crippen molar-refractivity contribution in [1.29, 1.82) is 0 Å². The van der Waals surface area contributed by atoms with E-state index in [1.54, 1.807) is 24.3 Å². The minimum absolute atomic E-state index is 0.0476. The van der Waals surface area contributed by atoms with Gasteiger partial charge in [0, 0.05) is 35.3 Å². The molecule has 0 saturated carbocycles. The van der Waals surface area contributed by atoms with E-state index in [2.05, 4.69) is 0 Å². The molecule has 0 heterocycles. The van der Waals surface area contributed by atoms with Crippen molar-refractivity contribution in [3.05, 3.63) is 64.7 Å². The number of likely N-dealkylation sites (N-methyl/N-ethyl adjacent to an activating group) is 1. The van der Waals surface area contributed by atoms with Crippen molar-refractivity contribution in [2.24, 2.45) is 0 Å². The average Bonchev–Trinajstić information content (AvgIpc) is 2.56. The van der Waals surface area contributed by atoms with Crippen LogP contribution < -0.4 is 0 Å². The number of phenols is 1. The minimum Gasteiger partial charge on any atom is -0.507 e. The first kappa shape index (κ1) is 19.2. The third kappa shape index (κ3) is 4.68. The van der Waals surface area contributed by atoms with E-state index in [1.165, 1.54) is 0 Å². The molecule has 0 aliphatic heterocycles. The maximum absolute atomic E-state index is 12.9. The first-order valence-corrected chi connectivity index (χ1v) is 8.49. The van der Waals surface area contributed by atoms with E-state index >= 15 is 0 Å². The molecule has 0 spiro atoms. The summed E-state index contributed by atoms with van der Waals surface area (Å²) in [4.78, 5) is 14.8. The van der Waals surface area contributed by atoms with Crippen LogP contribution in [-0.4, -0.2) is 41.1 Å². The Morgan fingerprint density at radius 1 is 1.08 bits per heavy atom. The molecule has 0 bridgehead atoms. The molecule has 2 aromatic carbocycles. The quantitative estimate of drug-likeness (QED) is 0.791. The topological polar surface area (TPSA) is 60.8 Å².